The lowest BCUT2D eigenvalue weighted by molar-refractivity contribution is 0.668. The molecule has 18 heavy (non-hydrogen) atoms. The number of nitrogens with one attached hydrogen (secondary N) is 1. The van der Waals surface area contributed by atoms with Crippen LogP contribution in [0.25, 0.3) is 0 Å². The third-order valence-electron chi connectivity index (χ3n) is 3.35. The Balaban J connectivity index is 2.07. The molecule has 0 aromatic carbocycles. The summed E-state index contributed by atoms with van der Waals surface area (Å²) in [6.07, 6.45) is 6.52. The highest BCUT2D eigenvalue weighted by atomic mass is 15.2. The van der Waals surface area contributed by atoms with Gasteiger partial charge in [-0.2, -0.15) is 0 Å². The second kappa shape index (κ2) is 6.55. The van der Waals surface area contributed by atoms with Gasteiger partial charge in [0.2, 0.25) is 0 Å². The zero-order valence-corrected chi connectivity index (χ0v) is 11.4. The number of aromatic nitrogens is 1. The Morgan fingerprint density at radius 3 is 3.06 bits per heavy atom. The Morgan fingerprint density at radius 1 is 1.44 bits per heavy atom. The predicted octanol–water partition coefficient (Wildman–Crippen LogP) is 2.74. The fourth-order valence-corrected chi connectivity index (χ4v) is 2.22. The third kappa shape index (κ3) is 3.33. The van der Waals surface area contributed by atoms with Crippen molar-refractivity contribution in [1.29, 1.82) is 0 Å². The molecule has 0 atom stereocenters. The Morgan fingerprint density at radius 2 is 2.33 bits per heavy atom. The lowest BCUT2D eigenvalue weighted by Gasteiger charge is -2.28. The molecule has 0 bridgehead atoms. The van der Waals surface area contributed by atoms with Crippen molar-refractivity contribution in [2.45, 2.75) is 33.2 Å². The molecule has 2 heterocycles. The fraction of sp³-hybridized carbons (Fsp3) is 0.533. The van der Waals surface area contributed by atoms with Crippen LogP contribution in [-0.4, -0.2) is 24.6 Å². The molecular formula is C15H23N3. The highest BCUT2D eigenvalue weighted by molar-refractivity contribution is 5.48. The minimum atomic E-state index is 0.913. The van der Waals surface area contributed by atoms with E-state index >= 15 is 0 Å². The molecule has 2 rings (SSSR count). The zero-order valence-electron chi connectivity index (χ0n) is 11.4. The SMILES string of the molecule is CCCNCc1cccnc1N1CC=C(C)CC1. The number of pyridine rings is 1. The standard InChI is InChI=1S/C15H23N3/c1-3-8-16-12-14-5-4-9-17-15(14)18-10-6-13(2)7-11-18/h4-6,9,16H,3,7-8,10-12H2,1-2H3. The number of anilines is 1. The van der Waals surface area contributed by atoms with Crippen molar-refractivity contribution in [1.82, 2.24) is 10.3 Å². The van der Waals surface area contributed by atoms with Crippen molar-refractivity contribution >= 4 is 5.82 Å². The summed E-state index contributed by atoms with van der Waals surface area (Å²) in [5.74, 6) is 1.14. The molecule has 0 saturated heterocycles. The van der Waals surface area contributed by atoms with E-state index in [-0.39, 0.29) is 0 Å². The zero-order chi connectivity index (χ0) is 12.8. The summed E-state index contributed by atoms with van der Waals surface area (Å²) >= 11 is 0. The van der Waals surface area contributed by atoms with Gasteiger partial charge < -0.3 is 10.2 Å². The van der Waals surface area contributed by atoms with Gasteiger partial charge in [-0.25, -0.2) is 4.98 Å². The van der Waals surface area contributed by atoms with Crippen molar-refractivity contribution in [2.24, 2.45) is 0 Å². The molecule has 3 nitrogen and oxygen atoms in total. The maximum Gasteiger partial charge on any atom is 0.133 e. The van der Waals surface area contributed by atoms with Crippen molar-refractivity contribution in [3.8, 4) is 0 Å². The lowest BCUT2D eigenvalue weighted by Crippen LogP contribution is -2.30. The first-order valence-electron chi connectivity index (χ1n) is 6.86. The summed E-state index contributed by atoms with van der Waals surface area (Å²) in [5.41, 5.74) is 2.80. The number of nitrogens with zero attached hydrogens (tertiary/aromatic N) is 2. The van der Waals surface area contributed by atoms with Crippen molar-refractivity contribution in [2.75, 3.05) is 24.5 Å². The highest BCUT2D eigenvalue weighted by Gasteiger charge is 2.14. The van der Waals surface area contributed by atoms with Crippen LogP contribution in [0.4, 0.5) is 5.82 Å². The first kappa shape index (κ1) is 13.1. The van der Waals surface area contributed by atoms with Crippen LogP contribution in [0.1, 0.15) is 32.3 Å². The molecule has 1 N–H and O–H groups in total. The van der Waals surface area contributed by atoms with Crippen LogP contribution >= 0.6 is 0 Å². The van der Waals surface area contributed by atoms with Crippen molar-refractivity contribution in [3.05, 3.63) is 35.5 Å². The lowest BCUT2D eigenvalue weighted by atomic mass is 10.1. The maximum atomic E-state index is 4.56. The van der Waals surface area contributed by atoms with E-state index in [9.17, 15) is 0 Å². The fourth-order valence-electron chi connectivity index (χ4n) is 2.22. The van der Waals surface area contributed by atoms with E-state index in [0.717, 1.165) is 38.4 Å². The molecule has 0 saturated carbocycles. The van der Waals surface area contributed by atoms with Gasteiger partial charge >= 0.3 is 0 Å². The summed E-state index contributed by atoms with van der Waals surface area (Å²) in [5, 5.41) is 3.46. The summed E-state index contributed by atoms with van der Waals surface area (Å²) in [4.78, 5) is 6.93. The van der Waals surface area contributed by atoms with Gasteiger partial charge in [-0.1, -0.05) is 24.6 Å². The second-order valence-electron chi connectivity index (χ2n) is 4.91. The molecule has 0 spiro atoms. The molecule has 0 amide bonds. The molecule has 0 unspecified atom stereocenters. The summed E-state index contributed by atoms with van der Waals surface area (Å²) in [7, 11) is 0. The van der Waals surface area contributed by atoms with Crippen molar-refractivity contribution in [3.63, 3.8) is 0 Å². The van der Waals surface area contributed by atoms with E-state index in [4.69, 9.17) is 0 Å². The number of hydrogen-bond acceptors (Lipinski definition) is 3. The van der Waals surface area contributed by atoms with Gasteiger partial charge in [-0.3, -0.25) is 0 Å². The monoisotopic (exact) mass is 245 g/mol. The van der Waals surface area contributed by atoms with Crippen LogP contribution in [0.2, 0.25) is 0 Å². The average molecular weight is 245 g/mol. The van der Waals surface area contributed by atoms with E-state index in [1.807, 2.05) is 12.3 Å². The van der Waals surface area contributed by atoms with Gasteiger partial charge in [0, 0.05) is 31.4 Å². The second-order valence-corrected chi connectivity index (χ2v) is 4.91. The largest absolute Gasteiger partial charge is 0.352 e. The van der Waals surface area contributed by atoms with Gasteiger partial charge in [-0.05, 0) is 32.4 Å². The van der Waals surface area contributed by atoms with Gasteiger partial charge in [0.25, 0.3) is 0 Å². The summed E-state index contributed by atoms with van der Waals surface area (Å²) in [6.45, 7) is 8.45. The average Bonchev–Trinajstić information content (AvgIpc) is 2.41. The van der Waals surface area contributed by atoms with Crippen LogP contribution in [0.3, 0.4) is 0 Å². The normalized spacial score (nSPS) is 15.7. The van der Waals surface area contributed by atoms with Crippen LogP contribution in [0.5, 0.6) is 0 Å². The molecule has 1 aromatic rings. The Hall–Kier alpha value is -1.35. The van der Waals surface area contributed by atoms with E-state index in [2.05, 4.69) is 41.2 Å². The molecule has 0 radical (unpaired) electrons. The Kier molecular flexibility index (Phi) is 4.76. The van der Waals surface area contributed by atoms with Crippen LogP contribution < -0.4 is 10.2 Å². The Bertz CT molecular complexity index is 412. The molecule has 98 valence electrons. The predicted molar refractivity (Wildman–Crippen MR) is 76.8 cm³/mol. The molecule has 1 aromatic heterocycles. The molecule has 0 aliphatic carbocycles. The summed E-state index contributed by atoms with van der Waals surface area (Å²) < 4.78 is 0. The third-order valence-corrected chi connectivity index (χ3v) is 3.35. The van der Waals surface area contributed by atoms with Gasteiger partial charge in [-0.15, -0.1) is 0 Å². The van der Waals surface area contributed by atoms with E-state index < -0.39 is 0 Å². The topological polar surface area (TPSA) is 28.2 Å². The van der Waals surface area contributed by atoms with E-state index in [1.165, 1.54) is 17.6 Å². The number of hydrogen-bond donors (Lipinski definition) is 1. The highest BCUT2D eigenvalue weighted by Crippen LogP contribution is 2.21. The van der Waals surface area contributed by atoms with Crippen LogP contribution in [0.15, 0.2) is 30.0 Å². The van der Waals surface area contributed by atoms with Gasteiger partial charge in [0.05, 0.1) is 0 Å². The molecule has 3 heteroatoms. The van der Waals surface area contributed by atoms with Crippen LogP contribution in [0, 0.1) is 0 Å². The first-order valence-corrected chi connectivity index (χ1v) is 6.86. The molecule has 0 fully saturated rings. The first-order chi connectivity index (χ1) is 8.81. The Labute approximate surface area is 110 Å². The summed E-state index contributed by atoms with van der Waals surface area (Å²) in [6, 6.07) is 4.20. The molecular weight excluding hydrogens is 222 g/mol. The maximum absolute atomic E-state index is 4.56. The number of rotatable bonds is 5. The molecule has 1 aliphatic rings. The van der Waals surface area contributed by atoms with Crippen LogP contribution in [-0.2, 0) is 6.54 Å². The molecule has 1 aliphatic heterocycles. The quantitative estimate of drug-likeness (QED) is 0.638. The smallest absolute Gasteiger partial charge is 0.133 e. The van der Waals surface area contributed by atoms with E-state index in [0.29, 0.717) is 0 Å². The van der Waals surface area contributed by atoms with Gasteiger partial charge in [0.1, 0.15) is 5.82 Å². The van der Waals surface area contributed by atoms with Crippen molar-refractivity contribution < 1.29 is 0 Å². The minimum absolute atomic E-state index is 0.913. The van der Waals surface area contributed by atoms with E-state index in [1.54, 1.807) is 0 Å². The van der Waals surface area contributed by atoms with Gasteiger partial charge in [0.15, 0.2) is 0 Å². The minimum Gasteiger partial charge on any atom is -0.352 e.